The Balaban J connectivity index is 1.88. The first-order chi connectivity index (χ1) is 9.16. The first-order valence-electron chi connectivity index (χ1n) is 6.45. The molecule has 1 unspecified atom stereocenters. The molecular weight excluding hydrogens is 238 g/mol. The Kier molecular flexibility index (Phi) is 4.53. The van der Waals surface area contributed by atoms with Gasteiger partial charge in [0.2, 0.25) is 0 Å². The fourth-order valence-corrected chi connectivity index (χ4v) is 1.97. The molecule has 2 rings (SSSR count). The molecule has 0 fully saturated rings. The molecule has 1 atom stereocenters. The number of ether oxygens (including phenoxy) is 1. The third-order valence-electron chi connectivity index (χ3n) is 3.09. The molecule has 1 aromatic carbocycles. The number of hydrogen-bond acceptors (Lipinski definition) is 3. The van der Waals surface area contributed by atoms with E-state index in [0.29, 0.717) is 13.0 Å². The molecule has 0 spiro atoms. The lowest BCUT2D eigenvalue weighted by atomic mass is 10.0. The van der Waals surface area contributed by atoms with Crippen LogP contribution < -0.4 is 4.74 Å². The lowest BCUT2D eigenvalue weighted by Gasteiger charge is -2.13. The van der Waals surface area contributed by atoms with Crippen molar-refractivity contribution in [3.63, 3.8) is 0 Å². The van der Waals surface area contributed by atoms with Crippen LogP contribution in [0.3, 0.4) is 0 Å². The molecule has 0 aliphatic carbocycles. The van der Waals surface area contributed by atoms with Crippen molar-refractivity contribution in [2.45, 2.75) is 26.4 Å². The van der Waals surface area contributed by atoms with E-state index in [4.69, 9.17) is 4.74 Å². The molecule has 0 amide bonds. The van der Waals surface area contributed by atoms with E-state index in [-0.39, 0.29) is 0 Å². The first-order valence-corrected chi connectivity index (χ1v) is 6.45. The van der Waals surface area contributed by atoms with Gasteiger partial charge in [0.05, 0.1) is 12.7 Å². The van der Waals surface area contributed by atoms with E-state index in [1.165, 1.54) is 5.56 Å². The Morgan fingerprint density at radius 3 is 2.84 bits per heavy atom. The van der Waals surface area contributed by atoms with E-state index in [9.17, 15) is 5.11 Å². The number of pyridine rings is 1. The molecule has 1 N–H and O–H groups in total. The van der Waals surface area contributed by atoms with Crippen molar-refractivity contribution in [2.75, 3.05) is 6.61 Å². The lowest BCUT2D eigenvalue weighted by molar-refractivity contribution is 0.140. The van der Waals surface area contributed by atoms with Crippen LogP contribution in [-0.4, -0.2) is 16.7 Å². The van der Waals surface area contributed by atoms with E-state index in [1.807, 2.05) is 44.2 Å². The molecule has 3 nitrogen and oxygen atoms in total. The van der Waals surface area contributed by atoms with Gasteiger partial charge in [-0.3, -0.25) is 4.98 Å². The third kappa shape index (κ3) is 3.80. The Morgan fingerprint density at radius 2 is 2.11 bits per heavy atom. The lowest BCUT2D eigenvalue weighted by Crippen LogP contribution is -2.07. The van der Waals surface area contributed by atoms with Crippen molar-refractivity contribution >= 4 is 0 Å². The maximum Gasteiger partial charge on any atom is 0.119 e. The minimum Gasteiger partial charge on any atom is -0.493 e. The summed E-state index contributed by atoms with van der Waals surface area (Å²) in [7, 11) is 0. The number of aromatic nitrogens is 1. The van der Waals surface area contributed by atoms with Gasteiger partial charge in [-0.2, -0.15) is 0 Å². The summed E-state index contributed by atoms with van der Waals surface area (Å²) in [6.07, 6.45) is 3.47. The van der Waals surface area contributed by atoms with Crippen molar-refractivity contribution in [1.82, 2.24) is 4.98 Å². The molecule has 0 radical (unpaired) electrons. The number of aliphatic hydroxyl groups is 1. The number of hydrogen-bond donors (Lipinski definition) is 1. The predicted octanol–water partition coefficient (Wildman–Crippen LogP) is 3.20. The molecule has 19 heavy (non-hydrogen) atoms. The van der Waals surface area contributed by atoms with Crippen molar-refractivity contribution < 1.29 is 9.84 Å². The van der Waals surface area contributed by atoms with Crippen LogP contribution in [0.5, 0.6) is 5.75 Å². The molecule has 0 aliphatic heterocycles. The zero-order valence-corrected chi connectivity index (χ0v) is 11.3. The molecule has 0 bridgehead atoms. The van der Waals surface area contributed by atoms with Crippen LogP contribution in [0.4, 0.5) is 0 Å². The molecular formula is C16H19NO2. The van der Waals surface area contributed by atoms with Gasteiger partial charge in [-0.15, -0.1) is 0 Å². The second-order valence-electron chi connectivity index (χ2n) is 4.70. The summed E-state index contributed by atoms with van der Waals surface area (Å²) in [5.41, 5.74) is 3.09. The zero-order valence-electron chi connectivity index (χ0n) is 11.3. The van der Waals surface area contributed by atoms with Crippen molar-refractivity contribution in [2.24, 2.45) is 0 Å². The van der Waals surface area contributed by atoms with Crippen molar-refractivity contribution in [3.8, 4) is 5.75 Å². The molecule has 3 heteroatoms. The number of rotatable bonds is 5. The van der Waals surface area contributed by atoms with Crippen LogP contribution in [0, 0.1) is 13.8 Å². The summed E-state index contributed by atoms with van der Waals surface area (Å²) in [4.78, 5) is 4.04. The van der Waals surface area contributed by atoms with E-state index in [2.05, 4.69) is 4.98 Å². The van der Waals surface area contributed by atoms with E-state index in [0.717, 1.165) is 16.9 Å². The van der Waals surface area contributed by atoms with Gasteiger partial charge in [0.25, 0.3) is 0 Å². The summed E-state index contributed by atoms with van der Waals surface area (Å²) in [6.45, 7) is 4.49. The van der Waals surface area contributed by atoms with Crippen molar-refractivity contribution in [1.29, 1.82) is 0 Å². The summed E-state index contributed by atoms with van der Waals surface area (Å²) >= 11 is 0. The Labute approximate surface area is 113 Å². The third-order valence-corrected chi connectivity index (χ3v) is 3.09. The average molecular weight is 257 g/mol. The number of aliphatic hydroxyl groups excluding tert-OH is 1. The second-order valence-corrected chi connectivity index (χ2v) is 4.70. The maximum atomic E-state index is 10.1. The molecule has 100 valence electrons. The van der Waals surface area contributed by atoms with Crippen LogP contribution in [0.25, 0.3) is 0 Å². The molecule has 1 aromatic heterocycles. The fraction of sp³-hybridized carbons (Fsp3) is 0.312. The summed E-state index contributed by atoms with van der Waals surface area (Å²) in [6, 6.07) is 9.81. The van der Waals surface area contributed by atoms with Gasteiger partial charge in [0, 0.05) is 24.4 Å². The average Bonchev–Trinajstić information content (AvgIpc) is 2.39. The smallest absolute Gasteiger partial charge is 0.119 e. The number of benzene rings is 1. The molecule has 0 aliphatic rings. The quantitative estimate of drug-likeness (QED) is 0.894. The summed E-state index contributed by atoms with van der Waals surface area (Å²) < 4.78 is 5.64. The highest BCUT2D eigenvalue weighted by molar-refractivity contribution is 5.27. The van der Waals surface area contributed by atoms with Gasteiger partial charge in [0.15, 0.2) is 0 Å². The number of aryl methyl sites for hydroxylation is 2. The van der Waals surface area contributed by atoms with Crippen LogP contribution in [-0.2, 0) is 0 Å². The highest BCUT2D eigenvalue weighted by Crippen LogP contribution is 2.20. The van der Waals surface area contributed by atoms with Gasteiger partial charge >= 0.3 is 0 Å². The van der Waals surface area contributed by atoms with Crippen LogP contribution >= 0.6 is 0 Å². The Bertz CT molecular complexity index is 540. The maximum absolute atomic E-state index is 10.1. The highest BCUT2D eigenvalue weighted by atomic mass is 16.5. The van der Waals surface area contributed by atoms with Crippen LogP contribution in [0.1, 0.15) is 29.2 Å². The molecule has 0 saturated heterocycles. The second kappa shape index (κ2) is 6.34. The van der Waals surface area contributed by atoms with E-state index < -0.39 is 6.10 Å². The van der Waals surface area contributed by atoms with Crippen LogP contribution in [0.15, 0.2) is 42.7 Å². The predicted molar refractivity (Wildman–Crippen MR) is 75.2 cm³/mol. The Hall–Kier alpha value is -1.87. The van der Waals surface area contributed by atoms with Gasteiger partial charge in [-0.1, -0.05) is 12.1 Å². The molecule has 2 aromatic rings. The highest BCUT2D eigenvalue weighted by Gasteiger charge is 2.10. The van der Waals surface area contributed by atoms with Crippen molar-refractivity contribution in [3.05, 3.63) is 59.4 Å². The normalized spacial score (nSPS) is 12.2. The monoisotopic (exact) mass is 257 g/mol. The van der Waals surface area contributed by atoms with Crippen LogP contribution in [0.2, 0.25) is 0 Å². The minimum absolute atomic E-state index is 0.485. The summed E-state index contributed by atoms with van der Waals surface area (Å²) in [5, 5.41) is 10.1. The number of nitrogens with zero attached hydrogens (tertiary/aromatic N) is 1. The standard InChI is InChI=1S/C16H19NO2/c1-12-4-3-5-14(10-12)19-9-7-16(18)15-11-17-8-6-13(15)2/h3-6,8,10-11,16,18H,7,9H2,1-2H3. The Morgan fingerprint density at radius 1 is 1.26 bits per heavy atom. The van der Waals surface area contributed by atoms with E-state index >= 15 is 0 Å². The molecule has 0 saturated carbocycles. The SMILES string of the molecule is Cc1cccc(OCCC(O)c2cnccc2C)c1. The minimum atomic E-state index is -0.529. The zero-order chi connectivity index (χ0) is 13.7. The van der Waals surface area contributed by atoms with Gasteiger partial charge in [0.1, 0.15) is 5.75 Å². The van der Waals surface area contributed by atoms with Gasteiger partial charge < -0.3 is 9.84 Å². The molecule has 1 heterocycles. The fourth-order valence-electron chi connectivity index (χ4n) is 1.97. The van der Waals surface area contributed by atoms with Gasteiger partial charge in [-0.25, -0.2) is 0 Å². The first kappa shape index (κ1) is 13.6. The van der Waals surface area contributed by atoms with Gasteiger partial charge in [-0.05, 0) is 43.2 Å². The van der Waals surface area contributed by atoms with E-state index in [1.54, 1.807) is 12.4 Å². The summed E-state index contributed by atoms with van der Waals surface area (Å²) in [5.74, 6) is 0.843. The largest absolute Gasteiger partial charge is 0.493 e. The topological polar surface area (TPSA) is 42.4 Å².